The van der Waals surface area contributed by atoms with E-state index in [1.165, 1.54) is 18.2 Å². The van der Waals surface area contributed by atoms with Gasteiger partial charge in [-0.25, -0.2) is 13.8 Å². The van der Waals surface area contributed by atoms with Crippen LogP contribution in [0.2, 0.25) is 0 Å². The maximum Gasteiger partial charge on any atom is 0.237 e. The van der Waals surface area contributed by atoms with Gasteiger partial charge in [-0.1, -0.05) is 6.92 Å². The summed E-state index contributed by atoms with van der Waals surface area (Å²) in [4.78, 5) is 25.2. The first-order valence-electron chi connectivity index (χ1n) is 14.2. The van der Waals surface area contributed by atoms with Crippen LogP contribution in [0.25, 0.3) is 33.5 Å². The van der Waals surface area contributed by atoms with Crippen LogP contribution in [-0.4, -0.2) is 80.4 Å². The number of aromatic hydroxyl groups is 1. The molecule has 0 aliphatic carbocycles. The molecule has 0 atom stereocenters. The molecule has 0 bridgehead atoms. The summed E-state index contributed by atoms with van der Waals surface area (Å²) in [7, 11) is 0. The fourth-order valence-corrected chi connectivity index (χ4v) is 6.65. The SMILES string of the molecule is CCc1cc(O)c(F)cc1-c1cc(F)c2c(-c3nc4c([nH]3)CN(C(=O)CN3CC5(CCOCC5)C3)CC4)n[nH]c2c1. The molecule has 9 nitrogen and oxygen atoms in total. The van der Waals surface area contributed by atoms with E-state index in [1.54, 1.807) is 6.07 Å². The summed E-state index contributed by atoms with van der Waals surface area (Å²) < 4.78 is 35.2. The van der Waals surface area contributed by atoms with Crippen LogP contribution in [-0.2, 0) is 28.9 Å². The van der Waals surface area contributed by atoms with Crippen LogP contribution in [0, 0.1) is 17.0 Å². The van der Waals surface area contributed by atoms with Crippen LogP contribution in [0.15, 0.2) is 24.3 Å². The van der Waals surface area contributed by atoms with Gasteiger partial charge in [-0.05, 0) is 60.2 Å². The van der Waals surface area contributed by atoms with Gasteiger partial charge in [0.25, 0.3) is 0 Å². The van der Waals surface area contributed by atoms with Gasteiger partial charge in [0.2, 0.25) is 5.91 Å². The average Bonchev–Trinajstić information content (AvgIpc) is 3.58. The minimum Gasteiger partial charge on any atom is -0.505 e. The van der Waals surface area contributed by atoms with Crippen molar-refractivity contribution < 1.29 is 23.4 Å². The summed E-state index contributed by atoms with van der Waals surface area (Å²) in [5.41, 5.74) is 4.53. The van der Waals surface area contributed by atoms with Crippen molar-refractivity contribution in [3.8, 4) is 28.4 Å². The van der Waals surface area contributed by atoms with Gasteiger partial charge in [-0.3, -0.25) is 14.8 Å². The quantitative estimate of drug-likeness (QED) is 0.337. The Labute approximate surface area is 235 Å². The van der Waals surface area contributed by atoms with Crippen LogP contribution in [0.1, 0.15) is 36.7 Å². The van der Waals surface area contributed by atoms with Crippen molar-refractivity contribution in [1.82, 2.24) is 30.0 Å². The predicted molar refractivity (Wildman–Crippen MR) is 148 cm³/mol. The summed E-state index contributed by atoms with van der Waals surface area (Å²) >= 11 is 0. The normalized spacial score (nSPS) is 18.6. The Hall–Kier alpha value is -3.83. The second-order valence-corrected chi connectivity index (χ2v) is 11.6. The first-order valence-corrected chi connectivity index (χ1v) is 14.2. The summed E-state index contributed by atoms with van der Waals surface area (Å²) in [5, 5.41) is 17.3. The lowest BCUT2D eigenvalue weighted by Gasteiger charge is -2.52. The highest BCUT2D eigenvalue weighted by Gasteiger charge is 2.44. The third-order valence-electron chi connectivity index (χ3n) is 8.92. The molecule has 0 saturated carbocycles. The number of likely N-dealkylation sites (tertiary alicyclic amines) is 1. The number of hydrogen-bond acceptors (Lipinski definition) is 6. The van der Waals surface area contributed by atoms with E-state index in [2.05, 4.69) is 20.1 Å². The Morgan fingerprint density at radius 2 is 1.95 bits per heavy atom. The lowest BCUT2D eigenvalue weighted by Crippen LogP contribution is -2.60. The molecule has 1 amide bonds. The number of fused-ring (bicyclic) bond motifs is 2. The van der Waals surface area contributed by atoms with Crippen molar-refractivity contribution >= 4 is 16.8 Å². The van der Waals surface area contributed by atoms with Gasteiger partial charge in [0, 0.05) is 44.7 Å². The van der Waals surface area contributed by atoms with Crippen LogP contribution >= 0.6 is 0 Å². The molecule has 41 heavy (non-hydrogen) atoms. The fourth-order valence-electron chi connectivity index (χ4n) is 6.65. The number of carbonyl (C=O) groups is 1. The Bertz CT molecular complexity index is 1650. The number of amides is 1. The second kappa shape index (κ2) is 9.92. The van der Waals surface area contributed by atoms with Crippen LogP contribution in [0.4, 0.5) is 8.78 Å². The van der Waals surface area contributed by atoms with Gasteiger partial charge in [-0.2, -0.15) is 5.10 Å². The van der Waals surface area contributed by atoms with Crippen LogP contribution < -0.4 is 0 Å². The molecule has 4 aromatic rings. The minimum absolute atomic E-state index is 0.106. The summed E-state index contributed by atoms with van der Waals surface area (Å²) in [6.45, 7) is 6.86. The molecule has 5 heterocycles. The number of aromatic nitrogens is 4. The number of carbonyl (C=O) groups excluding carboxylic acids is 1. The van der Waals surface area contributed by atoms with E-state index in [9.17, 15) is 14.3 Å². The first-order chi connectivity index (χ1) is 19.8. The number of H-pyrrole nitrogens is 2. The van der Waals surface area contributed by atoms with E-state index >= 15 is 4.39 Å². The van der Waals surface area contributed by atoms with E-state index in [4.69, 9.17) is 9.72 Å². The van der Waals surface area contributed by atoms with Gasteiger partial charge in [0.05, 0.1) is 35.4 Å². The van der Waals surface area contributed by atoms with Gasteiger partial charge in [0.1, 0.15) is 11.5 Å². The van der Waals surface area contributed by atoms with E-state index in [0.29, 0.717) is 71.6 Å². The van der Waals surface area contributed by atoms with Crippen molar-refractivity contribution in [1.29, 1.82) is 0 Å². The largest absolute Gasteiger partial charge is 0.505 e. The average molecular weight is 563 g/mol. The molecular formula is C30H32F2N6O3. The monoisotopic (exact) mass is 562 g/mol. The molecule has 3 aliphatic rings. The number of aryl methyl sites for hydroxylation is 1. The highest BCUT2D eigenvalue weighted by atomic mass is 19.1. The number of benzene rings is 2. The number of imidazole rings is 1. The first kappa shape index (κ1) is 26.1. The molecule has 2 saturated heterocycles. The van der Waals surface area contributed by atoms with Crippen molar-refractivity contribution in [2.45, 2.75) is 39.2 Å². The molecule has 11 heteroatoms. The molecule has 214 valence electrons. The number of ether oxygens (including phenoxy) is 1. The lowest BCUT2D eigenvalue weighted by atomic mass is 9.73. The van der Waals surface area contributed by atoms with Crippen molar-refractivity contribution in [3.05, 3.63) is 52.9 Å². The lowest BCUT2D eigenvalue weighted by molar-refractivity contribution is -0.139. The highest BCUT2D eigenvalue weighted by Crippen LogP contribution is 2.40. The zero-order chi connectivity index (χ0) is 28.3. The molecule has 3 N–H and O–H groups in total. The Kier molecular flexibility index (Phi) is 6.31. The number of rotatable bonds is 5. The van der Waals surface area contributed by atoms with E-state index < -0.39 is 17.4 Å². The third-order valence-corrected chi connectivity index (χ3v) is 8.92. The number of nitrogens with zero attached hydrogens (tertiary/aromatic N) is 4. The summed E-state index contributed by atoms with van der Waals surface area (Å²) in [6.07, 6.45) is 3.30. The molecule has 0 radical (unpaired) electrons. The number of halogens is 2. The fraction of sp³-hybridized carbons (Fsp3) is 0.433. The maximum atomic E-state index is 15.6. The number of phenols is 1. The predicted octanol–water partition coefficient (Wildman–Crippen LogP) is 4.16. The third kappa shape index (κ3) is 4.57. The zero-order valence-corrected chi connectivity index (χ0v) is 22.9. The Morgan fingerprint density at radius 1 is 1.15 bits per heavy atom. The zero-order valence-electron chi connectivity index (χ0n) is 22.9. The van der Waals surface area contributed by atoms with Crippen molar-refractivity contribution in [3.63, 3.8) is 0 Å². The summed E-state index contributed by atoms with van der Waals surface area (Å²) in [6, 6.07) is 5.68. The van der Waals surface area contributed by atoms with Crippen molar-refractivity contribution in [2.75, 3.05) is 39.4 Å². The molecule has 7 rings (SSSR count). The molecule has 0 unspecified atom stereocenters. The number of aromatic amines is 2. The second-order valence-electron chi connectivity index (χ2n) is 11.6. The number of phenolic OH excluding ortho intramolecular Hbond substituents is 1. The van der Waals surface area contributed by atoms with E-state index in [1.807, 2.05) is 11.8 Å². The van der Waals surface area contributed by atoms with Gasteiger partial charge in [-0.15, -0.1) is 0 Å². The smallest absolute Gasteiger partial charge is 0.237 e. The Morgan fingerprint density at radius 3 is 2.73 bits per heavy atom. The van der Waals surface area contributed by atoms with E-state index in [-0.39, 0.29) is 11.3 Å². The standard InChI is InChI=1S/C30H32F2N6O3/c1-2-17-11-25(39)20(31)12-19(17)18-9-21(32)27-23(10-18)35-36-28(27)29-33-22-3-6-38(13-24(22)34-29)26(40)14-37-15-30(16-37)4-7-41-8-5-30/h9-12,39H,2-8,13-16H2,1H3,(H,33,34)(H,35,36). The van der Waals surface area contributed by atoms with Gasteiger partial charge in [0.15, 0.2) is 17.4 Å². The minimum atomic E-state index is -0.759. The summed E-state index contributed by atoms with van der Waals surface area (Å²) in [5.74, 6) is -1.16. The highest BCUT2D eigenvalue weighted by molar-refractivity contribution is 5.94. The molecule has 2 aromatic carbocycles. The van der Waals surface area contributed by atoms with Crippen LogP contribution in [0.5, 0.6) is 5.75 Å². The van der Waals surface area contributed by atoms with Gasteiger partial charge >= 0.3 is 0 Å². The van der Waals surface area contributed by atoms with E-state index in [0.717, 1.165) is 50.5 Å². The van der Waals surface area contributed by atoms with Gasteiger partial charge < -0.3 is 19.7 Å². The van der Waals surface area contributed by atoms with Crippen LogP contribution in [0.3, 0.4) is 0 Å². The molecule has 1 spiro atoms. The molecule has 3 aliphatic heterocycles. The van der Waals surface area contributed by atoms with Crippen molar-refractivity contribution in [2.24, 2.45) is 5.41 Å². The number of hydrogen-bond donors (Lipinski definition) is 3. The Balaban J connectivity index is 1.09. The molecular weight excluding hydrogens is 530 g/mol. The maximum absolute atomic E-state index is 15.6. The number of nitrogens with one attached hydrogen (secondary N) is 2. The molecule has 2 aromatic heterocycles. The molecule has 2 fully saturated rings. The topological polar surface area (TPSA) is 110 Å².